The summed E-state index contributed by atoms with van der Waals surface area (Å²) in [4.78, 5) is 5.79. The SMILES string of the molecule is COc1ccc(C)c2c(N3CCNCC3)c[nH]c12. The number of benzene rings is 1. The Balaban J connectivity index is 2.12. The Morgan fingerprint density at radius 1 is 1.22 bits per heavy atom. The van der Waals surface area contributed by atoms with E-state index >= 15 is 0 Å². The maximum absolute atomic E-state index is 5.42. The van der Waals surface area contributed by atoms with E-state index in [1.807, 2.05) is 6.07 Å². The van der Waals surface area contributed by atoms with Crippen LogP contribution in [0.2, 0.25) is 0 Å². The van der Waals surface area contributed by atoms with Crippen LogP contribution in [0.4, 0.5) is 5.69 Å². The maximum atomic E-state index is 5.42. The summed E-state index contributed by atoms with van der Waals surface area (Å²) in [5, 5.41) is 4.67. The molecule has 0 unspecified atom stereocenters. The van der Waals surface area contributed by atoms with Crippen molar-refractivity contribution in [3.8, 4) is 5.75 Å². The first-order chi connectivity index (χ1) is 8.81. The minimum atomic E-state index is 0.914. The Morgan fingerprint density at radius 2 is 2.00 bits per heavy atom. The van der Waals surface area contributed by atoms with Gasteiger partial charge in [-0.15, -0.1) is 0 Å². The van der Waals surface area contributed by atoms with Gasteiger partial charge in [0.15, 0.2) is 0 Å². The summed E-state index contributed by atoms with van der Waals surface area (Å²) < 4.78 is 5.42. The molecule has 1 aromatic heterocycles. The number of nitrogens with zero attached hydrogens (tertiary/aromatic N) is 1. The first-order valence-corrected chi connectivity index (χ1v) is 6.41. The van der Waals surface area contributed by atoms with Crippen LogP contribution < -0.4 is 15.0 Å². The molecule has 0 bridgehead atoms. The third-order valence-corrected chi connectivity index (χ3v) is 3.66. The van der Waals surface area contributed by atoms with Crippen molar-refractivity contribution in [3.05, 3.63) is 23.9 Å². The van der Waals surface area contributed by atoms with E-state index in [1.165, 1.54) is 16.6 Å². The largest absolute Gasteiger partial charge is 0.495 e. The van der Waals surface area contributed by atoms with Gasteiger partial charge in [0.2, 0.25) is 0 Å². The average molecular weight is 245 g/mol. The van der Waals surface area contributed by atoms with E-state index in [1.54, 1.807) is 7.11 Å². The van der Waals surface area contributed by atoms with Crippen LogP contribution in [-0.4, -0.2) is 38.3 Å². The number of H-pyrrole nitrogens is 1. The number of ether oxygens (including phenoxy) is 1. The topological polar surface area (TPSA) is 40.3 Å². The van der Waals surface area contributed by atoms with Crippen LogP contribution in [0.15, 0.2) is 18.3 Å². The van der Waals surface area contributed by atoms with Crippen molar-refractivity contribution in [3.63, 3.8) is 0 Å². The smallest absolute Gasteiger partial charge is 0.143 e. The minimum absolute atomic E-state index is 0.914. The molecule has 2 heterocycles. The molecule has 0 atom stereocenters. The molecule has 0 radical (unpaired) electrons. The molecule has 4 heteroatoms. The van der Waals surface area contributed by atoms with E-state index in [0.717, 1.165) is 37.4 Å². The molecule has 1 aliphatic heterocycles. The standard InChI is InChI=1S/C14H19N3O/c1-10-3-4-12(18-2)14-13(10)11(9-16-14)17-7-5-15-6-8-17/h3-4,9,15-16H,5-8H2,1-2H3. The van der Waals surface area contributed by atoms with Gasteiger partial charge in [0.1, 0.15) is 5.75 Å². The van der Waals surface area contributed by atoms with Gasteiger partial charge in [-0.05, 0) is 18.6 Å². The highest BCUT2D eigenvalue weighted by atomic mass is 16.5. The number of aromatic amines is 1. The number of rotatable bonds is 2. The van der Waals surface area contributed by atoms with Crippen molar-refractivity contribution >= 4 is 16.6 Å². The van der Waals surface area contributed by atoms with Gasteiger partial charge in [-0.25, -0.2) is 0 Å². The monoisotopic (exact) mass is 245 g/mol. The van der Waals surface area contributed by atoms with Gasteiger partial charge < -0.3 is 19.9 Å². The van der Waals surface area contributed by atoms with Crippen molar-refractivity contribution in [2.24, 2.45) is 0 Å². The zero-order valence-electron chi connectivity index (χ0n) is 10.9. The van der Waals surface area contributed by atoms with E-state index in [4.69, 9.17) is 4.74 Å². The first-order valence-electron chi connectivity index (χ1n) is 6.41. The van der Waals surface area contributed by atoms with Crippen molar-refractivity contribution in [1.29, 1.82) is 0 Å². The number of nitrogens with one attached hydrogen (secondary N) is 2. The maximum Gasteiger partial charge on any atom is 0.143 e. The molecule has 0 spiro atoms. The third kappa shape index (κ3) is 1.73. The molecule has 4 nitrogen and oxygen atoms in total. The van der Waals surface area contributed by atoms with E-state index in [9.17, 15) is 0 Å². The third-order valence-electron chi connectivity index (χ3n) is 3.66. The first kappa shape index (κ1) is 11.4. The van der Waals surface area contributed by atoms with Crippen molar-refractivity contribution in [1.82, 2.24) is 10.3 Å². The second-order valence-corrected chi connectivity index (χ2v) is 4.75. The molecule has 0 amide bonds. The van der Waals surface area contributed by atoms with Crippen LogP contribution in [0.5, 0.6) is 5.75 Å². The molecule has 1 aromatic carbocycles. The average Bonchev–Trinajstić information content (AvgIpc) is 2.86. The zero-order chi connectivity index (χ0) is 12.5. The molecule has 0 aliphatic carbocycles. The number of anilines is 1. The number of hydrogen-bond acceptors (Lipinski definition) is 3. The lowest BCUT2D eigenvalue weighted by molar-refractivity contribution is 0.419. The highest BCUT2D eigenvalue weighted by Gasteiger charge is 2.17. The van der Waals surface area contributed by atoms with Crippen molar-refractivity contribution < 1.29 is 4.74 Å². The van der Waals surface area contributed by atoms with E-state index in [-0.39, 0.29) is 0 Å². The van der Waals surface area contributed by atoms with Gasteiger partial charge >= 0.3 is 0 Å². The molecular weight excluding hydrogens is 226 g/mol. The number of piperazine rings is 1. The number of fused-ring (bicyclic) bond motifs is 1. The Labute approximate surface area is 107 Å². The lowest BCUT2D eigenvalue weighted by atomic mass is 10.1. The molecular formula is C14H19N3O. The fourth-order valence-corrected chi connectivity index (χ4v) is 2.70. The lowest BCUT2D eigenvalue weighted by Crippen LogP contribution is -2.43. The molecule has 18 heavy (non-hydrogen) atoms. The molecule has 1 saturated heterocycles. The van der Waals surface area contributed by atoms with Gasteiger partial charge in [0.05, 0.1) is 18.3 Å². The highest BCUT2D eigenvalue weighted by Crippen LogP contribution is 2.35. The van der Waals surface area contributed by atoms with Gasteiger partial charge in [-0.1, -0.05) is 6.07 Å². The fourth-order valence-electron chi connectivity index (χ4n) is 2.70. The second-order valence-electron chi connectivity index (χ2n) is 4.75. The van der Waals surface area contributed by atoms with Gasteiger partial charge in [0.25, 0.3) is 0 Å². The summed E-state index contributed by atoms with van der Waals surface area (Å²) in [6.07, 6.45) is 2.10. The molecule has 96 valence electrons. The quantitative estimate of drug-likeness (QED) is 0.849. The van der Waals surface area contributed by atoms with E-state index in [2.05, 4.69) is 34.4 Å². The summed E-state index contributed by atoms with van der Waals surface area (Å²) in [6, 6.07) is 4.15. The van der Waals surface area contributed by atoms with Gasteiger partial charge in [0, 0.05) is 37.8 Å². The Kier molecular flexibility index (Phi) is 2.88. The molecule has 1 aliphatic rings. The Bertz CT molecular complexity index is 555. The zero-order valence-corrected chi connectivity index (χ0v) is 10.9. The summed E-state index contributed by atoms with van der Waals surface area (Å²) in [5.41, 5.74) is 3.69. The molecule has 2 aromatic rings. The predicted octanol–water partition coefficient (Wildman–Crippen LogP) is 1.89. The Hall–Kier alpha value is -1.68. The van der Waals surface area contributed by atoms with Crippen molar-refractivity contribution in [2.75, 3.05) is 38.2 Å². The number of aromatic nitrogens is 1. The fraction of sp³-hybridized carbons (Fsp3) is 0.429. The minimum Gasteiger partial charge on any atom is -0.495 e. The van der Waals surface area contributed by atoms with Crippen LogP contribution in [0.3, 0.4) is 0 Å². The summed E-state index contributed by atoms with van der Waals surface area (Å²) in [6.45, 7) is 6.37. The number of methoxy groups -OCH3 is 1. The summed E-state index contributed by atoms with van der Waals surface area (Å²) in [5.74, 6) is 0.914. The summed E-state index contributed by atoms with van der Waals surface area (Å²) >= 11 is 0. The second kappa shape index (κ2) is 4.53. The lowest BCUT2D eigenvalue weighted by Gasteiger charge is -2.29. The van der Waals surface area contributed by atoms with E-state index < -0.39 is 0 Å². The van der Waals surface area contributed by atoms with Crippen LogP contribution in [0.25, 0.3) is 10.9 Å². The van der Waals surface area contributed by atoms with Crippen molar-refractivity contribution in [2.45, 2.75) is 6.92 Å². The van der Waals surface area contributed by atoms with Crippen LogP contribution in [-0.2, 0) is 0 Å². The van der Waals surface area contributed by atoms with Crippen LogP contribution >= 0.6 is 0 Å². The van der Waals surface area contributed by atoms with Crippen LogP contribution in [0.1, 0.15) is 5.56 Å². The molecule has 3 rings (SSSR count). The number of aryl methyl sites for hydroxylation is 1. The Morgan fingerprint density at radius 3 is 2.72 bits per heavy atom. The summed E-state index contributed by atoms with van der Waals surface area (Å²) in [7, 11) is 1.72. The van der Waals surface area contributed by atoms with Gasteiger partial charge in [-0.2, -0.15) is 0 Å². The number of hydrogen-bond donors (Lipinski definition) is 2. The predicted molar refractivity (Wildman–Crippen MR) is 74.7 cm³/mol. The molecule has 0 saturated carbocycles. The van der Waals surface area contributed by atoms with Gasteiger partial charge in [-0.3, -0.25) is 0 Å². The van der Waals surface area contributed by atoms with E-state index in [0.29, 0.717) is 0 Å². The molecule has 2 N–H and O–H groups in total. The molecule has 1 fully saturated rings. The normalized spacial score (nSPS) is 16.2. The highest BCUT2D eigenvalue weighted by molar-refractivity contribution is 5.99. The van der Waals surface area contributed by atoms with Crippen LogP contribution in [0, 0.1) is 6.92 Å².